The number of rotatable bonds is 10. The number of benzene rings is 2. The van der Waals surface area contributed by atoms with Gasteiger partial charge in [-0.1, -0.05) is 26.5 Å². The minimum absolute atomic E-state index is 0.0983. The summed E-state index contributed by atoms with van der Waals surface area (Å²) in [5.41, 5.74) is 9.74. The second-order valence-corrected chi connectivity index (χ2v) is 15.6. The zero-order valence-corrected chi connectivity index (χ0v) is 32.6. The Balaban J connectivity index is 1.06. The van der Waals surface area contributed by atoms with Crippen molar-refractivity contribution in [1.82, 2.24) is 29.6 Å². The average molecular weight is 748 g/mol. The number of fused-ring (bicyclic) bond motifs is 7. The van der Waals surface area contributed by atoms with Gasteiger partial charge in [-0.3, -0.25) is 9.67 Å². The second kappa shape index (κ2) is 17.1. The molecular formula is C44H55F2N9. The summed E-state index contributed by atoms with van der Waals surface area (Å²) < 4.78 is 32.2. The number of nitrogens with one attached hydrogen (secondary N) is 3. The molecule has 11 heteroatoms. The molecule has 290 valence electrons. The van der Waals surface area contributed by atoms with Crippen LogP contribution in [0.4, 0.5) is 26.1 Å². The zero-order chi connectivity index (χ0) is 38.5. The van der Waals surface area contributed by atoms with E-state index >= 15 is 0 Å². The normalized spacial score (nSPS) is 17.4. The number of piperidine rings is 1. The molecule has 3 aromatic heterocycles. The van der Waals surface area contributed by atoms with Crippen molar-refractivity contribution in [3.05, 3.63) is 103 Å². The lowest BCUT2D eigenvalue weighted by Gasteiger charge is -2.34. The van der Waals surface area contributed by atoms with Crippen molar-refractivity contribution in [2.24, 2.45) is 18.9 Å². The highest BCUT2D eigenvalue weighted by Gasteiger charge is 2.23. The van der Waals surface area contributed by atoms with Gasteiger partial charge in [-0.05, 0) is 119 Å². The molecule has 1 fully saturated rings. The van der Waals surface area contributed by atoms with E-state index in [1.807, 2.05) is 24.9 Å². The van der Waals surface area contributed by atoms with Crippen molar-refractivity contribution in [1.29, 1.82) is 0 Å². The Morgan fingerprint density at radius 1 is 1.00 bits per heavy atom. The number of nitrogens with zero attached hydrogens (tertiary/aromatic N) is 6. The molecule has 2 aliphatic rings. The number of anilines is 3. The van der Waals surface area contributed by atoms with Crippen molar-refractivity contribution >= 4 is 34.1 Å². The molecule has 7 rings (SSSR count). The van der Waals surface area contributed by atoms with Crippen LogP contribution in [-0.2, 0) is 20.0 Å². The average Bonchev–Trinajstić information content (AvgIpc) is 3.69. The van der Waals surface area contributed by atoms with E-state index in [4.69, 9.17) is 9.97 Å². The molecule has 2 aromatic carbocycles. The molecule has 0 amide bonds. The quantitative estimate of drug-likeness (QED) is 0.123. The summed E-state index contributed by atoms with van der Waals surface area (Å²) in [5, 5.41) is 14.8. The van der Waals surface area contributed by atoms with Gasteiger partial charge in [0.25, 0.3) is 0 Å². The highest BCUT2D eigenvalue weighted by Crippen LogP contribution is 2.33. The maximum Gasteiger partial charge on any atom is 0.208 e. The lowest BCUT2D eigenvalue weighted by molar-refractivity contribution is 0.360. The largest absolute Gasteiger partial charge is 0.391 e. The van der Waals surface area contributed by atoms with Crippen LogP contribution in [0.2, 0.25) is 0 Å². The number of aryl methyl sites for hydroxylation is 2. The van der Waals surface area contributed by atoms with Gasteiger partial charge in [0.1, 0.15) is 11.6 Å². The Bertz CT molecular complexity index is 2110. The molecule has 3 N–H and O–H groups in total. The first kappa shape index (κ1) is 38.1. The summed E-state index contributed by atoms with van der Waals surface area (Å²) in [6, 6.07) is 14.6. The summed E-state index contributed by atoms with van der Waals surface area (Å²) in [5.74, 6) is 0.716. The predicted octanol–water partition coefficient (Wildman–Crippen LogP) is 9.46. The van der Waals surface area contributed by atoms with Crippen molar-refractivity contribution in [2.45, 2.75) is 84.2 Å². The standard InChI is InChI=1S/C44H55F2N9/c1-6-47-18-15-36(51-37-24-34(45)23-35(46)25-37)12-11-32-16-19-54(20-17-32)38-13-14-40-43(26-38)55-28-29(2)9-7-8-10-42-39(27-48-53(42)5)41-22-33(21-30(3)49-41)31(4)50-44(55)52-40/h6,13-14,21-27,29,32,36,47,51H,1,4,7-12,15-20,28H2,2-3,5H3,(H,50,52)/t29-,36?/m1/s1. The number of aromatic nitrogens is 5. The van der Waals surface area contributed by atoms with Crippen LogP contribution in [0.25, 0.3) is 28.0 Å². The highest BCUT2D eigenvalue weighted by atomic mass is 19.1. The minimum Gasteiger partial charge on any atom is -0.391 e. The number of halogens is 2. The Hall–Kier alpha value is -5.19. The molecule has 0 saturated carbocycles. The van der Waals surface area contributed by atoms with Gasteiger partial charge >= 0.3 is 0 Å². The van der Waals surface area contributed by atoms with Crippen molar-refractivity contribution in [3.63, 3.8) is 0 Å². The molecule has 9 nitrogen and oxygen atoms in total. The van der Waals surface area contributed by atoms with Crippen LogP contribution in [-0.4, -0.2) is 50.0 Å². The van der Waals surface area contributed by atoms with E-state index in [9.17, 15) is 8.78 Å². The summed E-state index contributed by atoms with van der Waals surface area (Å²) in [6.07, 6.45) is 12.9. The van der Waals surface area contributed by atoms with Gasteiger partial charge in [-0.15, -0.1) is 0 Å². The molecular weight excluding hydrogens is 693 g/mol. The fourth-order valence-electron chi connectivity index (χ4n) is 8.38. The fraction of sp³-hybridized carbons (Fsp3) is 0.432. The van der Waals surface area contributed by atoms with Crippen LogP contribution in [0.1, 0.15) is 75.2 Å². The smallest absolute Gasteiger partial charge is 0.208 e. The van der Waals surface area contributed by atoms with Gasteiger partial charge in [-0.2, -0.15) is 5.10 Å². The molecule has 0 spiro atoms. The van der Waals surface area contributed by atoms with Crippen molar-refractivity contribution in [3.8, 4) is 11.3 Å². The van der Waals surface area contributed by atoms with Gasteiger partial charge in [0.05, 0.1) is 22.9 Å². The van der Waals surface area contributed by atoms with Crippen LogP contribution in [0.3, 0.4) is 0 Å². The highest BCUT2D eigenvalue weighted by molar-refractivity contribution is 5.85. The first-order chi connectivity index (χ1) is 26.6. The third-order valence-electron chi connectivity index (χ3n) is 11.4. The van der Waals surface area contributed by atoms with Gasteiger partial charge in [0, 0.05) is 84.9 Å². The maximum absolute atomic E-state index is 13.9. The molecule has 0 radical (unpaired) electrons. The lowest BCUT2D eigenvalue weighted by atomic mass is 9.89. The lowest BCUT2D eigenvalue weighted by Crippen LogP contribution is -2.34. The van der Waals surface area contributed by atoms with E-state index in [-0.39, 0.29) is 6.04 Å². The Morgan fingerprint density at radius 2 is 1.80 bits per heavy atom. The third-order valence-corrected chi connectivity index (χ3v) is 11.4. The van der Waals surface area contributed by atoms with Crippen LogP contribution < -0.4 is 20.9 Å². The third kappa shape index (κ3) is 9.20. The number of hydrogen-bond donors (Lipinski definition) is 3. The number of imidazole rings is 1. The topological polar surface area (TPSA) is 87.9 Å². The molecule has 5 aromatic rings. The van der Waals surface area contributed by atoms with Gasteiger partial charge < -0.3 is 25.4 Å². The Morgan fingerprint density at radius 3 is 2.58 bits per heavy atom. The molecule has 1 unspecified atom stereocenters. The monoisotopic (exact) mass is 747 g/mol. The summed E-state index contributed by atoms with van der Waals surface area (Å²) in [6.45, 7) is 16.2. The first-order valence-electron chi connectivity index (χ1n) is 19.9. The molecule has 2 bridgehead atoms. The Kier molecular flexibility index (Phi) is 11.8. The van der Waals surface area contributed by atoms with Crippen LogP contribution in [0.15, 0.2) is 74.1 Å². The zero-order valence-electron chi connectivity index (χ0n) is 32.6. The van der Waals surface area contributed by atoms with Gasteiger partial charge in [-0.25, -0.2) is 13.8 Å². The molecule has 2 atom stereocenters. The fourth-order valence-corrected chi connectivity index (χ4v) is 8.38. The number of pyridine rings is 1. The second-order valence-electron chi connectivity index (χ2n) is 15.6. The van der Waals surface area contributed by atoms with Crippen LogP contribution in [0, 0.1) is 30.4 Å². The minimum atomic E-state index is -0.569. The number of hydrogen-bond acceptors (Lipinski definition) is 7. The molecule has 55 heavy (non-hydrogen) atoms. The molecule has 5 heterocycles. The van der Waals surface area contributed by atoms with E-state index < -0.39 is 11.6 Å². The molecule has 0 aliphatic carbocycles. The van der Waals surface area contributed by atoms with Crippen LogP contribution in [0.5, 0.6) is 0 Å². The van der Waals surface area contributed by atoms with E-state index in [0.29, 0.717) is 17.5 Å². The summed E-state index contributed by atoms with van der Waals surface area (Å²) >= 11 is 0. The maximum atomic E-state index is 13.9. The van der Waals surface area contributed by atoms with E-state index in [1.165, 1.54) is 23.5 Å². The SMILES string of the molecule is C=CNCCC(CCC1CCN(c2ccc3nc4n(c3c2)C[C@H](C)CCCCc2c(cnn2C)-c2cc(cc(C)n2)C(=C)N4)CC1)Nc1cc(F)cc(F)c1. The molecule has 2 aliphatic heterocycles. The summed E-state index contributed by atoms with van der Waals surface area (Å²) in [7, 11) is 2.02. The van der Waals surface area contributed by atoms with Gasteiger partial charge in [0.2, 0.25) is 5.95 Å². The van der Waals surface area contributed by atoms with E-state index in [0.717, 1.165) is 135 Å². The van der Waals surface area contributed by atoms with E-state index in [2.05, 4.69) is 80.9 Å². The predicted molar refractivity (Wildman–Crippen MR) is 221 cm³/mol. The molecule has 1 saturated heterocycles. The van der Waals surface area contributed by atoms with Crippen molar-refractivity contribution in [2.75, 3.05) is 35.2 Å². The van der Waals surface area contributed by atoms with Crippen LogP contribution >= 0.6 is 0 Å². The first-order valence-corrected chi connectivity index (χ1v) is 19.9. The Labute approximate surface area is 323 Å². The van der Waals surface area contributed by atoms with Crippen molar-refractivity contribution < 1.29 is 8.78 Å². The summed E-state index contributed by atoms with van der Waals surface area (Å²) in [4.78, 5) is 12.5. The van der Waals surface area contributed by atoms with E-state index in [1.54, 1.807) is 6.20 Å². The van der Waals surface area contributed by atoms with Gasteiger partial charge in [0.15, 0.2) is 0 Å².